The van der Waals surface area contributed by atoms with E-state index in [1.807, 2.05) is 7.05 Å². The quantitative estimate of drug-likeness (QED) is 0.815. The number of hydrogen-bond acceptors (Lipinski definition) is 3. The summed E-state index contributed by atoms with van der Waals surface area (Å²) in [5.41, 5.74) is 2.99. The minimum Gasteiger partial charge on any atom is -0.318 e. The molecule has 1 saturated carbocycles. The van der Waals surface area contributed by atoms with Crippen molar-refractivity contribution in [1.29, 1.82) is 0 Å². The second-order valence-electron chi connectivity index (χ2n) is 7.96. The van der Waals surface area contributed by atoms with Crippen molar-refractivity contribution in [3.63, 3.8) is 0 Å². The van der Waals surface area contributed by atoms with Gasteiger partial charge < -0.3 is 5.32 Å². The molecule has 1 aromatic rings. The summed E-state index contributed by atoms with van der Waals surface area (Å²) in [7, 11) is 4.02. The molecule has 142 valence electrons. The first-order chi connectivity index (χ1) is 11.9. The molecular formula is C19H32F2N4. The fourth-order valence-electron chi connectivity index (χ4n) is 4.49. The normalized spacial score (nSPS) is 25.5. The van der Waals surface area contributed by atoms with Gasteiger partial charge in [-0.2, -0.15) is 5.10 Å². The number of aromatic nitrogens is 2. The number of hydrogen-bond donors (Lipinski definition) is 1. The third kappa shape index (κ3) is 4.22. The lowest BCUT2D eigenvalue weighted by Crippen LogP contribution is -2.28. The molecule has 2 aliphatic rings. The maximum atomic E-state index is 13.9. The molecule has 6 heteroatoms. The first-order valence-corrected chi connectivity index (χ1v) is 9.73. The molecule has 0 saturated heterocycles. The number of fused-ring (bicyclic) bond motifs is 1. The molecule has 25 heavy (non-hydrogen) atoms. The molecule has 2 heterocycles. The summed E-state index contributed by atoms with van der Waals surface area (Å²) < 4.78 is 29.4. The molecule has 1 N–H and O–H groups in total. The van der Waals surface area contributed by atoms with E-state index in [0.717, 1.165) is 55.3 Å². The van der Waals surface area contributed by atoms with Crippen LogP contribution in [0.1, 0.15) is 61.9 Å². The lowest BCUT2D eigenvalue weighted by molar-refractivity contribution is 0.000666. The van der Waals surface area contributed by atoms with Crippen molar-refractivity contribution in [3.8, 4) is 0 Å². The van der Waals surface area contributed by atoms with E-state index in [4.69, 9.17) is 0 Å². The maximum absolute atomic E-state index is 13.9. The zero-order valence-electron chi connectivity index (χ0n) is 15.8. The van der Waals surface area contributed by atoms with Crippen LogP contribution in [0.3, 0.4) is 0 Å². The first kappa shape index (κ1) is 18.8. The fourth-order valence-corrected chi connectivity index (χ4v) is 4.49. The van der Waals surface area contributed by atoms with Gasteiger partial charge in [-0.25, -0.2) is 8.78 Å². The molecule has 0 aromatic carbocycles. The number of alkyl halides is 2. The Hall–Kier alpha value is -1.01. The average Bonchev–Trinajstić information content (AvgIpc) is 3.04. The van der Waals surface area contributed by atoms with Gasteiger partial charge in [-0.05, 0) is 51.6 Å². The van der Waals surface area contributed by atoms with Gasteiger partial charge in [-0.15, -0.1) is 0 Å². The second-order valence-corrected chi connectivity index (χ2v) is 7.96. The molecule has 1 aliphatic carbocycles. The van der Waals surface area contributed by atoms with Crippen LogP contribution in [-0.2, 0) is 19.5 Å². The van der Waals surface area contributed by atoms with E-state index >= 15 is 0 Å². The highest BCUT2D eigenvalue weighted by atomic mass is 19.3. The van der Waals surface area contributed by atoms with Crippen molar-refractivity contribution in [2.45, 2.75) is 70.4 Å². The lowest BCUT2D eigenvalue weighted by Gasteiger charge is -2.29. The summed E-state index contributed by atoms with van der Waals surface area (Å²) in [6, 6.07) is 0. The van der Waals surface area contributed by atoms with Crippen LogP contribution in [0.5, 0.6) is 0 Å². The monoisotopic (exact) mass is 354 g/mol. The largest absolute Gasteiger partial charge is 0.318 e. The molecule has 1 fully saturated rings. The van der Waals surface area contributed by atoms with Gasteiger partial charge in [-0.3, -0.25) is 9.58 Å². The fraction of sp³-hybridized carbons (Fsp3) is 0.842. The molecular weight excluding hydrogens is 322 g/mol. The second kappa shape index (κ2) is 7.70. The minimum atomic E-state index is -2.63. The number of nitrogens with one attached hydrogen (secondary N) is 1. The van der Waals surface area contributed by atoms with Crippen molar-refractivity contribution in [2.75, 3.05) is 27.2 Å². The highest BCUT2D eigenvalue weighted by Gasteiger charge is 2.42. The zero-order valence-corrected chi connectivity index (χ0v) is 15.8. The lowest BCUT2D eigenvalue weighted by atomic mass is 9.77. The molecule has 0 atom stereocenters. The van der Waals surface area contributed by atoms with Gasteiger partial charge in [0.1, 0.15) is 6.54 Å². The molecule has 0 bridgehead atoms. The Kier molecular flexibility index (Phi) is 5.78. The van der Waals surface area contributed by atoms with Crippen LogP contribution in [0, 0.1) is 5.92 Å². The maximum Gasteiger partial charge on any atom is 0.272 e. The number of likely N-dealkylation sites (N-methyl/N-ethyl adjacent to an activating group) is 2. The first-order valence-electron chi connectivity index (χ1n) is 9.73. The summed E-state index contributed by atoms with van der Waals surface area (Å²) in [5.74, 6) is -1.41. The van der Waals surface area contributed by atoms with Crippen molar-refractivity contribution >= 4 is 0 Å². The third-order valence-corrected chi connectivity index (χ3v) is 5.98. The predicted octanol–water partition coefficient (Wildman–Crippen LogP) is 3.41. The summed E-state index contributed by atoms with van der Waals surface area (Å²) >= 11 is 0. The third-order valence-electron chi connectivity index (χ3n) is 5.98. The van der Waals surface area contributed by atoms with E-state index in [-0.39, 0.29) is 13.0 Å². The molecule has 3 rings (SSSR count). The number of nitrogens with zero attached hydrogens (tertiary/aromatic N) is 3. The number of halogens is 2. The summed E-state index contributed by atoms with van der Waals surface area (Å²) in [6.45, 7) is 4.59. The van der Waals surface area contributed by atoms with Crippen molar-refractivity contribution in [1.82, 2.24) is 20.0 Å². The molecule has 1 aliphatic heterocycles. The van der Waals surface area contributed by atoms with E-state index in [1.54, 1.807) is 4.68 Å². The van der Waals surface area contributed by atoms with Gasteiger partial charge in [0.25, 0.3) is 5.92 Å². The van der Waals surface area contributed by atoms with Crippen LogP contribution in [0.4, 0.5) is 8.78 Å². The summed E-state index contributed by atoms with van der Waals surface area (Å²) in [4.78, 5) is 2.23. The van der Waals surface area contributed by atoms with Crippen LogP contribution in [0.15, 0.2) is 0 Å². The number of rotatable bonds is 7. The summed E-state index contributed by atoms with van der Waals surface area (Å²) in [6.07, 6.45) is 5.78. The molecule has 1 aromatic heterocycles. The highest BCUT2D eigenvalue weighted by molar-refractivity contribution is 5.34. The highest BCUT2D eigenvalue weighted by Crippen LogP contribution is 2.43. The minimum absolute atomic E-state index is 0.136. The Morgan fingerprint density at radius 2 is 2.00 bits per heavy atom. The Morgan fingerprint density at radius 3 is 2.64 bits per heavy atom. The SMILES string of the molecule is CCC1CCC(c2c(CN(C)CCNC)nn3c2CC(F)(F)C3)CC1. The Morgan fingerprint density at radius 1 is 1.28 bits per heavy atom. The molecule has 0 amide bonds. The molecule has 0 unspecified atom stereocenters. The molecule has 0 radical (unpaired) electrons. The van der Waals surface area contributed by atoms with Gasteiger partial charge in [-0.1, -0.05) is 13.3 Å². The molecule has 4 nitrogen and oxygen atoms in total. The van der Waals surface area contributed by atoms with Gasteiger partial charge >= 0.3 is 0 Å². The van der Waals surface area contributed by atoms with Crippen molar-refractivity contribution in [2.24, 2.45) is 5.92 Å². The topological polar surface area (TPSA) is 33.1 Å². The van der Waals surface area contributed by atoms with Crippen molar-refractivity contribution < 1.29 is 8.78 Å². The van der Waals surface area contributed by atoms with Crippen LogP contribution >= 0.6 is 0 Å². The Labute approximate surface area is 150 Å². The van der Waals surface area contributed by atoms with E-state index in [2.05, 4.69) is 29.3 Å². The van der Waals surface area contributed by atoms with Crippen molar-refractivity contribution in [3.05, 3.63) is 17.0 Å². The average molecular weight is 354 g/mol. The van der Waals surface area contributed by atoms with E-state index < -0.39 is 5.92 Å². The van der Waals surface area contributed by atoms with Crippen LogP contribution < -0.4 is 5.32 Å². The van der Waals surface area contributed by atoms with E-state index in [9.17, 15) is 8.78 Å². The smallest absolute Gasteiger partial charge is 0.272 e. The van der Waals surface area contributed by atoms with Crippen LogP contribution in [0.25, 0.3) is 0 Å². The Bertz CT molecular complexity index is 576. The van der Waals surface area contributed by atoms with Crippen LogP contribution in [-0.4, -0.2) is 47.8 Å². The van der Waals surface area contributed by atoms with E-state index in [1.165, 1.54) is 19.3 Å². The van der Waals surface area contributed by atoms with Gasteiger partial charge in [0.15, 0.2) is 0 Å². The predicted molar refractivity (Wildman–Crippen MR) is 96.1 cm³/mol. The Balaban J connectivity index is 1.81. The zero-order chi connectivity index (χ0) is 18.0. The van der Waals surface area contributed by atoms with E-state index in [0.29, 0.717) is 5.92 Å². The van der Waals surface area contributed by atoms with Gasteiger partial charge in [0.05, 0.1) is 12.1 Å². The summed E-state index contributed by atoms with van der Waals surface area (Å²) in [5, 5.41) is 7.78. The van der Waals surface area contributed by atoms with Crippen LogP contribution in [0.2, 0.25) is 0 Å². The van der Waals surface area contributed by atoms with Gasteiger partial charge in [0.2, 0.25) is 0 Å². The van der Waals surface area contributed by atoms with Gasteiger partial charge in [0, 0.05) is 30.9 Å². The molecule has 0 spiro atoms. The standard InChI is InChI=1S/C19H32F2N4/c1-4-14-5-7-15(8-6-14)18-16(12-24(3)10-9-22-2)23-25-13-19(20,21)11-17(18)25/h14-15,22H,4-13H2,1-3H3.